The maximum absolute atomic E-state index is 13.4. The molecule has 2 aromatic carbocycles. The molecule has 34 heavy (non-hydrogen) atoms. The average Bonchev–Trinajstić information content (AvgIpc) is 3.28. The second kappa shape index (κ2) is 10.2. The quantitative estimate of drug-likeness (QED) is 0.535. The summed E-state index contributed by atoms with van der Waals surface area (Å²) >= 11 is 6.16. The van der Waals surface area contributed by atoms with Crippen molar-refractivity contribution in [3.63, 3.8) is 0 Å². The zero-order valence-electron chi connectivity index (χ0n) is 19.4. The second-order valence-corrected chi connectivity index (χ2v) is 8.65. The Morgan fingerprint density at radius 2 is 1.91 bits per heavy atom. The van der Waals surface area contributed by atoms with E-state index in [4.69, 9.17) is 21.1 Å². The number of benzene rings is 2. The normalized spacial score (nSPS) is 12.5. The minimum absolute atomic E-state index is 0.0191. The van der Waals surface area contributed by atoms with Crippen LogP contribution in [0.25, 0.3) is 5.69 Å². The molecule has 1 aliphatic rings. The molecule has 0 saturated heterocycles. The molecule has 8 nitrogen and oxygen atoms in total. The number of fused-ring (bicyclic) bond motifs is 1. The number of ether oxygens (including phenoxy) is 2. The summed E-state index contributed by atoms with van der Waals surface area (Å²) in [6.45, 7) is 7.07. The maximum atomic E-state index is 13.4. The first-order valence-electron chi connectivity index (χ1n) is 11.2. The third-order valence-electron chi connectivity index (χ3n) is 5.47. The highest BCUT2D eigenvalue weighted by Gasteiger charge is 2.26. The molecule has 0 atom stereocenters. The van der Waals surface area contributed by atoms with Crippen LogP contribution < -0.4 is 14.8 Å². The van der Waals surface area contributed by atoms with Crippen molar-refractivity contribution in [2.75, 3.05) is 31.6 Å². The fourth-order valence-corrected chi connectivity index (χ4v) is 4.07. The molecular formula is C25H27ClN4O4. The van der Waals surface area contributed by atoms with Crippen LogP contribution in [0.15, 0.2) is 48.7 Å². The highest BCUT2D eigenvalue weighted by Crippen LogP contribution is 2.32. The fraction of sp³-hybridized carbons (Fsp3) is 0.320. The van der Waals surface area contributed by atoms with Crippen LogP contribution >= 0.6 is 11.6 Å². The Labute approximate surface area is 203 Å². The van der Waals surface area contributed by atoms with Gasteiger partial charge in [-0.25, -0.2) is 4.68 Å². The predicted octanol–water partition coefficient (Wildman–Crippen LogP) is 4.52. The van der Waals surface area contributed by atoms with Crippen LogP contribution in [0.5, 0.6) is 11.5 Å². The summed E-state index contributed by atoms with van der Waals surface area (Å²) in [4.78, 5) is 27.7. The van der Waals surface area contributed by atoms with Gasteiger partial charge in [0.1, 0.15) is 19.8 Å². The van der Waals surface area contributed by atoms with E-state index in [1.54, 1.807) is 41.2 Å². The summed E-state index contributed by atoms with van der Waals surface area (Å²) in [5.41, 5.74) is 2.57. The van der Waals surface area contributed by atoms with Crippen molar-refractivity contribution in [1.82, 2.24) is 14.7 Å². The van der Waals surface area contributed by atoms with Gasteiger partial charge in [0.25, 0.3) is 5.91 Å². The number of likely N-dealkylation sites (N-methyl/N-ethyl adjacent to an activating group) is 1. The molecule has 0 aliphatic carbocycles. The number of carbonyl (C=O) groups excluding carboxylic acids is 2. The summed E-state index contributed by atoms with van der Waals surface area (Å²) in [6.07, 6.45) is 1.56. The first-order chi connectivity index (χ1) is 16.4. The second-order valence-electron chi connectivity index (χ2n) is 8.22. The Hall–Kier alpha value is -3.52. The number of anilines is 1. The van der Waals surface area contributed by atoms with E-state index in [-0.39, 0.29) is 24.3 Å². The van der Waals surface area contributed by atoms with Gasteiger partial charge in [-0.1, -0.05) is 31.5 Å². The Morgan fingerprint density at radius 3 is 2.62 bits per heavy atom. The zero-order valence-corrected chi connectivity index (χ0v) is 20.1. The topological polar surface area (TPSA) is 85.7 Å². The number of nitrogens with one attached hydrogen (secondary N) is 1. The molecule has 0 unspecified atom stereocenters. The van der Waals surface area contributed by atoms with E-state index < -0.39 is 0 Å². The number of carbonyl (C=O) groups is 2. The van der Waals surface area contributed by atoms with Gasteiger partial charge in [-0.05, 0) is 43.2 Å². The number of hydrogen-bond acceptors (Lipinski definition) is 5. The lowest BCUT2D eigenvalue weighted by molar-refractivity contribution is -0.116. The Morgan fingerprint density at radius 1 is 1.15 bits per heavy atom. The summed E-state index contributed by atoms with van der Waals surface area (Å²) in [5.74, 6) is 0.692. The Bertz CT molecular complexity index is 1210. The maximum Gasteiger partial charge on any atom is 0.257 e. The van der Waals surface area contributed by atoms with Gasteiger partial charge < -0.3 is 19.7 Å². The van der Waals surface area contributed by atoms with Crippen molar-refractivity contribution >= 4 is 29.1 Å². The van der Waals surface area contributed by atoms with Gasteiger partial charge in [-0.15, -0.1) is 0 Å². The van der Waals surface area contributed by atoms with Crippen LogP contribution in [0.3, 0.4) is 0 Å². The highest BCUT2D eigenvalue weighted by atomic mass is 35.5. The third kappa shape index (κ3) is 5.02. The molecule has 0 bridgehead atoms. The largest absolute Gasteiger partial charge is 0.486 e. The van der Waals surface area contributed by atoms with Crippen LogP contribution in [-0.2, 0) is 4.79 Å². The molecule has 3 aromatic rings. The highest BCUT2D eigenvalue weighted by molar-refractivity contribution is 6.30. The van der Waals surface area contributed by atoms with Gasteiger partial charge in [-0.2, -0.15) is 5.10 Å². The minimum atomic E-state index is -0.305. The van der Waals surface area contributed by atoms with Crippen LogP contribution in [0.4, 0.5) is 5.69 Å². The lowest BCUT2D eigenvalue weighted by atomic mass is 10.0. The first-order valence-corrected chi connectivity index (χ1v) is 11.6. The smallest absolute Gasteiger partial charge is 0.257 e. The molecule has 1 aromatic heterocycles. The zero-order chi connectivity index (χ0) is 24.2. The number of aromatic nitrogens is 2. The summed E-state index contributed by atoms with van der Waals surface area (Å²) in [6, 6.07) is 12.5. The third-order valence-corrected chi connectivity index (χ3v) is 5.70. The Kier molecular flexibility index (Phi) is 7.07. The van der Waals surface area contributed by atoms with Crippen molar-refractivity contribution in [1.29, 1.82) is 0 Å². The summed E-state index contributed by atoms with van der Waals surface area (Å²) in [5, 5.41) is 7.88. The first kappa shape index (κ1) is 23.6. The van der Waals surface area contributed by atoms with Crippen LogP contribution in [-0.4, -0.2) is 52.8 Å². The minimum Gasteiger partial charge on any atom is -0.486 e. The van der Waals surface area contributed by atoms with E-state index in [0.717, 1.165) is 11.4 Å². The van der Waals surface area contributed by atoms with Gasteiger partial charge in [0.2, 0.25) is 5.91 Å². The van der Waals surface area contributed by atoms with Crippen molar-refractivity contribution in [3.05, 3.63) is 64.9 Å². The van der Waals surface area contributed by atoms with Gasteiger partial charge in [0.15, 0.2) is 11.5 Å². The molecule has 1 N–H and O–H groups in total. The van der Waals surface area contributed by atoms with Crippen molar-refractivity contribution in [2.24, 2.45) is 0 Å². The molecule has 2 amide bonds. The number of halogens is 1. The van der Waals surface area contributed by atoms with Gasteiger partial charge in [-0.3, -0.25) is 9.59 Å². The lowest BCUT2D eigenvalue weighted by Crippen LogP contribution is -2.38. The number of rotatable bonds is 7. The van der Waals surface area contributed by atoms with Crippen molar-refractivity contribution in [2.45, 2.75) is 26.7 Å². The molecule has 178 valence electrons. The van der Waals surface area contributed by atoms with E-state index >= 15 is 0 Å². The van der Waals surface area contributed by atoms with Crippen LogP contribution in [0.2, 0.25) is 5.02 Å². The summed E-state index contributed by atoms with van der Waals surface area (Å²) < 4.78 is 12.8. The number of nitrogens with zero attached hydrogens (tertiary/aromatic N) is 3. The molecule has 2 heterocycles. The van der Waals surface area contributed by atoms with Gasteiger partial charge >= 0.3 is 0 Å². The lowest BCUT2D eigenvalue weighted by Gasteiger charge is -2.22. The molecule has 9 heteroatoms. The van der Waals surface area contributed by atoms with Crippen LogP contribution in [0.1, 0.15) is 42.7 Å². The predicted molar refractivity (Wildman–Crippen MR) is 130 cm³/mol. The van der Waals surface area contributed by atoms with Crippen molar-refractivity contribution < 1.29 is 19.1 Å². The Balaban J connectivity index is 1.52. The molecule has 0 spiro atoms. The standard InChI is InChI=1S/C25H27ClN4O4/c1-4-29(15-23(31)28-18-8-9-21-22(13-18)34-11-10-33-21)25(32)20-14-27-30(24(20)16(2)3)19-7-5-6-17(26)12-19/h5-9,12-14,16H,4,10-11,15H2,1-3H3,(H,28,31). The molecule has 0 radical (unpaired) electrons. The molecule has 0 saturated carbocycles. The van der Waals surface area contributed by atoms with E-state index in [0.29, 0.717) is 47.5 Å². The van der Waals surface area contributed by atoms with Crippen molar-refractivity contribution in [3.8, 4) is 17.2 Å². The molecule has 1 aliphatic heterocycles. The number of amides is 2. The fourth-order valence-electron chi connectivity index (χ4n) is 3.88. The number of hydrogen-bond donors (Lipinski definition) is 1. The molecule has 4 rings (SSSR count). The van der Waals surface area contributed by atoms with E-state index in [1.807, 2.05) is 32.9 Å². The SMILES string of the molecule is CCN(CC(=O)Nc1ccc2c(c1)OCCO2)C(=O)c1cnn(-c2cccc(Cl)c2)c1C(C)C. The van der Waals surface area contributed by atoms with E-state index in [2.05, 4.69) is 10.4 Å². The van der Waals surface area contributed by atoms with E-state index in [1.165, 1.54) is 4.90 Å². The molecular weight excluding hydrogens is 456 g/mol. The van der Waals surface area contributed by atoms with Gasteiger partial charge in [0, 0.05) is 23.3 Å². The molecule has 0 fully saturated rings. The van der Waals surface area contributed by atoms with Crippen LogP contribution in [0, 0.1) is 0 Å². The summed E-state index contributed by atoms with van der Waals surface area (Å²) in [7, 11) is 0. The van der Waals surface area contributed by atoms with E-state index in [9.17, 15) is 9.59 Å². The van der Waals surface area contributed by atoms with Gasteiger partial charge in [0.05, 0.1) is 23.1 Å². The average molecular weight is 483 g/mol. The monoisotopic (exact) mass is 482 g/mol.